The number of aryl methyl sites for hydroxylation is 1. The van der Waals surface area contributed by atoms with Crippen molar-refractivity contribution in [1.82, 2.24) is 5.32 Å². The normalized spacial score (nSPS) is 30.3. The predicted molar refractivity (Wildman–Crippen MR) is 132 cm³/mol. The Hall–Kier alpha value is -1.84. The van der Waals surface area contributed by atoms with Crippen molar-refractivity contribution in [3.8, 4) is 5.75 Å². The molecule has 5 atom stereocenters. The highest BCUT2D eigenvalue weighted by molar-refractivity contribution is 5.87. The number of nitrogens with one attached hydrogen (secondary N) is 1. The number of carbonyl (C=O) groups excluding carboxylic acids is 2. The first-order chi connectivity index (χ1) is 16.0. The van der Waals surface area contributed by atoms with Crippen LogP contribution in [0.25, 0.3) is 0 Å². The SMILES string of the molecule is CCCCNC(=O)CCCCC[C@@H]1CC(=O)[C@@]2(C)CCC3c4ccc(OC)cc4CCC3C12. The number of benzene rings is 1. The van der Waals surface area contributed by atoms with Gasteiger partial charge in [0.25, 0.3) is 0 Å². The maximum atomic E-state index is 13.2. The summed E-state index contributed by atoms with van der Waals surface area (Å²) >= 11 is 0. The minimum Gasteiger partial charge on any atom is -0.497 e. The van der Waals surface area contributed by atoms with E-state index in [1.165, 1.54) is 17.5 Å². The number of ketones is 1. The van der Waals surface area contributed by atoms with Gasteiger partial charge in [0.15, 0.2) is 0 Å². The summed E-state index contributed by atoms with van der Waals surface area (Å²) in [6, 6.07) is 6.64. The van der Waals surface area contributed by atoms with E-state index in [4.69, 9.17) is 4.74 Å². The molecule has 2 fully saturated rings. The molecule has 4 rings (SSSR count). The molecule has 0 aromatic heterocycles. The van der Waals surface area contributed by atoms with E-state index in [0.717, 1.165) is 76.5 Å². The van der Waals surface area contributed by atoms with Gasteiger partial charge in [-0.25, -0.2) is 0 Å². The van der Waals surface area contributed by atoms with Crippen LogP contribution in [0.15, 0.2) is 18.2 Å². The molecular formula is C29H43NO3. The second kappa shape index (κ2) is 10.6. The van der Waals surface area contributed by atoms with Crippen LogP contribution in [0.3, 0.4) is 0 Å². The van der Waals surface area contributed by atoms with E-state index in [2.05, 4.69) is 37.4 Å². The Morgan fingerprint density at radius 1 is 1.18 bits per heavy atom. The zero-order valence-electron chi connectivity index (χ0n) is 21.0. The number of unbranched alkanes of at least 4 members (excludes halogenated alkanes) is 3. The predicted octanol–water partition coefficient (Wildman–Crippen LogP) is 6.21. The molecule has 0 saturated heterocycles. The fourth-order valence-electron chi connectivity index (χ4n) is 7.37. The summed E-state index contributed by atoms with van der Waals surface area (Å²) in [5.74, 6) is 3.94. The lowest BCUT2D eigenvalue weighted by Gasteiger charge is -2.50. The number of carbonyl (C=O) groups is 2. The molecule has 0 aliphatic heterocycles. The lowest BCUT2D eigenvalue weighted by Crippen LogP contribution is -2.44. The van der Waals surface area contributed by atoms with Crippen molar-refractivity contribution in [2.24, 2.45) is 23.2 Å². The average molecular weight is 454 g/mol. The quantitative estimate of drug-likeness (QED) is 0.428. The highest BCUT2D eigenvalue weighted by Crippen LogP contribution is 2.62. The smallest absolute Gasteiger partial charge is 0.219 e. The Bertz CT molecular complexity index is 849. The van der Waals surface area contributed by atoms with Gasteiger partial charge in [0.2, 0.25) is 5.91 Å². The van der Waals surface area contributed by atoms with Crippen LogP contribution in [0, 0.1) is 23.2 Å². The molecule has 4 heteroatoms. The number of Topliss-reactive ketones (excluding diaryl/α,β-unsaturated/α-hetero) is 1. The fourth-order valence-corrected chi connectivity index (χ4v) is 7.37. The van der Waals surface area contributed by atoms with Crippen LogP contribution < -0.4 is 10.1 Å². The molecule has 1 N–H and O–H groups in total. The van der Waals surface area contributed by atoms with Crippen molar-refractivity contribution in [2.75, 3.05) is 13.7 Å². The fraction of sp³-hybridized carbons (Fsp3) is 0.724. The highest BCUT2D eigenvalue weighted by Gasteiger charge is 2.58. The number of hydrogen-bond acceptors (Lipinski definition) is 3. The first-order valence-corrected chi connectivity index (χ1v) is 13.4. The van der Waals surface area contributed by atoms with Gasteiger partial charge in [-0.05, 0) is 91.9 Å². The lowest BCUT2D eigenvalue weighted by atomic mass is 9.54. The van der Waals surface area contributed by atoms with E-state index < -0.39 is 0 Å². The Morgan fingerprint density at radius 3 is 2.82 bits per heavy atom. The second-order valence-corrected chi connectivity index (χ2v) is 11.0. The summed E-state index contributed by atoms with van der Waals surface area (Å²) in [6.45, 7) is 5.22. The van der Waals surface area contributed by atoms with E-state index in [1.807, 2.05) is 0 Å². The van der Waals surface area contributed by atoms with Gasteiger partial charge in [-0.2, -0.15) is 0 Å². The van der Waals surface area contributed by atoms with E-state index >= 15 is 0 Å². The van der Waals surface area contributed by atoms with Gasteiger partial charge in [0.1, 0.15) is 11.5 Å². The van der Waals surface area contributed by atoms with Crippen molar-refractivity contribution in [3.63, 3.8) is 0 Å². The van der Waals surface area contributed by atoms with Gasteiger partial charge < -0.3 is 10.1 Å². The lowest BCUT2D eigenvalue weighted by molar-refractivity contribution is -0.129. The molecule has 33 heavy (non-hydrogen) atoms. The number of rotatable bonds is 10. The highest BCUT2D eigenvalue weighted by atomic mass is 16.5. The Labute approximate surface area is 200 Å². The van der Waals surface area contributed by atoms with Gasteiger partial charge >= 0.3 is 0 Å². The molecule has 1 amide bonds. The monoisotopic (exact) mass is 453 g/mol. The standard InChI is InChI=1S/C29H43NO3/c1-4-5-17-30-27(32)10-8-6-7-9-21-19-26(31)29(2)16-15-24-23-14-12-22(33-3)18-20(23)11-13-25(24)28(21)29/h12,14,18,21,24-25,28H,4-11,13,15-17,19H2,1-3H3,(H,30,32)/t21-,24?,25?,28?,29-/m1/s1. The van der Waals surface area contributed by atoms with Crippen LogP contribution in [0.4, 0.5) is 0 Å². The number of hydrogen-bond donors (Lipinski definition) is 1. The summed E-state index contributed by atoms with van der Waals surface area (Å²) in [5.41, 5.74) is 2.85. The van der Waals surface area contributed by atoms with Crippen LogP contribution in [0.2, 0.25) is 0 Å². The number of methoxy groups -OCH3 is 1. The third-order valence-electron chi connectivity index (χ3n) is 9.11. The number of fused-ring (bicyclic) bond motifs is 5. The van der Waals surface area contributed by atoms with Crippen LogP contribution >= 0.6 is 0 Å². The zero-order chi connectivity index (χ0) is 23.4. The van der Waals surface area contributed by atoms with E-state index in [1.54, 1.807) is 7.11 Å². The van der Waals surface area contributed by atoms with Gasteiger partial charge in [-0.15, -0.1) is 0 Å². The summed E-state index contributed by atoms with van der Waals surface area (Å²) in [7, 11) is 1.74. The molecule has 4 nitrogen and oxygen atoms in total. The minimum absolute atomic E-state index is 0.116. The van der Waals surface area contributed by atoms with Crippen LogP contribution in [-0.4, -0.2) is 25.3 Å². The number of amides is 1. The Balaban J connectivity index is 1.36. The molecule has 3 aliphatic carbocycles. The Kier molecular flexibility index (Phi) is 7.81. The molecule has 0 spiro atoms. The van der Waals surface area contributed by atoms with Gasteiger partial charge in [0, 0.05) is 24.8 Å². The van der Waals surface area contributed by atoms with E-state index in [0.29, 0.717) is 35.9 Å². The summed E-state index contributed by atoms with van der Waals surface area (Å²) in [6.07, 6.45) is 12.4. The molecule has 0 bridgehead atoms. The van der Waals surface area contributed by atoms with Crippen molar-refractivity contribution >= 4 is 11.7 Å². The zero-order valence-corrected chi connectivity index (χ0v) is 21.0. The molecule has 0 heterocycles. The topological polar surface area (TPSA) is 55.4 Å². The molecule has 3 aliphatic rings. The van der Waals surface area contributed by atoms with Crippen LogP contribution in [-0.2, 0) is 16.0 Å². The molecule has 2 saturated carbocycles. The van der Waals surface area contributed by atoms with E-state index in [-0.39, 0.29) is 11.3 Å². The summed E-state index contributed by atoms with van der Waals surface area (Å²) in [5, 5.41) is 3.02. The van der Waals surface area contributed by atoms with Gasteiger partial charge in [-0.3, -0.25) is 9.59 Å². The second-order valence-electron chi connectivity index (χ2n) is 11.0. The maximum absolute atomic E-state index is 13.2. The summed E-state index contributed by atoms with van der Waals surface area (Å²) in [4.78, 5) is 25.1. The first kappa shape index (κ1) is 24.3. The van der Waals surface area contributed by atoms with Gasteiger partial charge in [0.05, 0.1) is 7.11 Å². The van der Waals surface area contributed by atoms with Crippen molar-refractivity contribution in [2.45, 2.75) is 96.8 Å². The minimum atomic E-state index is -0.116. The van der Waals surface area contributed by atoms with Crippen molar-refractivity contribution < 1.29 is 14.3 Å². The molecular weight excluding hydrogens is 410 g/mol. The maximum Gasteiger partial charge on any atom is 0.219 e. The van der Waals surface area contributed by atoms with E-state index in [9.17, 15) is 9.59 Å². The molecule has 0 radical (unpaired) electrons. The Morgan fingerprint density at radius 2 is 2.03 bits per heavy atom. The van der Waals surface area contributed by atoms with Crippen molar-refractivity contribution in [3.05, 3.63) is 29.3 Å². The third-order valence-corrected chi connectivity index (χ3v) is 9.11. The third kappa shape index (κ3) is 5.00. The molecule has 1 aromatic carbocycles. The largest absolute Gasteiger partial charge is 0.497 e. The average Bonchev–Trinajstić information content (AvgIpc) is 3.08. The van der Waals surface area contributed by atoms with Crippen LogP contribution in [0.5, 0.6) is 5.75 Å². The van der Waals surface area contributed by atoms with Gasteiger partial charge in [-0.1, -0.05) is 39.2 Å². The molecule has 1 aromatic rings. The first-order valence-electron chi connectivity index (χ1n) is 13.4. The van der Waals surface area contributed by atoms with Crippen molar-refractivity contribution in [1.29, 1.82) is 0 Å². The molecule has 182 valence electrons. The molecule has 3 unspecified atom stereocenters. The van der Waals surface area contributed by atoms with Crippen LogP contribution in [0.1, 0.15) is 102 Å². The number of ether oxygens (including phenoxy) is 1. The summed E-state index contributed by atoms with van der Waals surface area (Å²) < 4.78 is 5.47.